The smallest absolute Gasteiger partial charge is 0.119 e. The maximum absolute atomic E-state index is 5.76. The summed E-state index contributed by atoms with van der Waals surface area (Å²) in [7, 11) is 5.01. The first-order chi connectivity index (χ1) is 47.8. The first-order valence-corrected chi connectivity index (χ1v) is 37.9. The highest BCUT2D eigenvalue weighted by Crippen LogP contribution is 2.33. The molecule has 6 nitrogen and oxygen atoms in total. The lowest BCUT2D eigenvalue weighted by Gasteiger charge is -2.06. The fourth-order valence-electron chi connectivity index (χ4n) is 6.85. The fraction of sp³-hybridized carbons (Fsp3) is 0.473. The van der Waals surface area contributed by atoms with Gasteiger partial charge in [0.1, 0.15) is 34.5 Å². The summed E-state index contributed by atoms with van der Waals surface area (Å²) in [5, 5.41) is 7.53. The Hall–Kier alpha value is -7.44. The maximum Gasteiger partial charge on any atom is 0.119 e. The number of methoxy groups -OCH3 is 3. The zero-order valence-corrected chi connectivity index (χ0v) is 68.2. The van der Waals surface area contributed by atoms with E-state index in [4.69, 9.17) is 28.4 Å². The van der Waals surface area contributed by atoms with Crippen molar-refractivity contribution in [2.75, 3.05) is 41.2 Å². The molecule has 97 heavy (non-hydrogen) atoms. The number of ether oxygens (including phenoxy) is 6. The van der Waals surface area contributed by atoms with Crippen LogP contribution in [0.25, 0.3) is 32.3 Å². The van der Waals surface area contributed by atoms with Crippen LogP contribution in [0.1, 0.15) is 238 Å². The van der Waals surface area contributed by atoms with Gasteiger partial charge in [-0.15, -0.1) is 0 Å². The molecule has 6 heteroatoms. The highest BCUT2D eigenvalue weighted by atomic mass is 16.5. The van der Waals surface area contributed by atoms with Crippen molar-refractivity contribution in [3.63, 3.8) is 0 Å². The highest BCUT2D eigenvalue weighted by molar-refractivity contribution is 5.85. The Labute approximate surface area is 601 Å². The molecule has 0 N–H and O–H groups in total. The van der Waals surface area contributed by atoms with Gasteiger partial charge in [0.05, 0.1) is 41.2 Å². The average molecular weight is 1340 g/mol. The van der Waals surface area contributed by atoms with Crippen molar-refractivity contribution in [2.45, 2.75) is 238 Å². The van der Waals surface area contributed by atoms with Crippen molar-refractivity contribution in [2.24, 2.45) is 11.8 Å². The predicted molar refractivity (Wildman–Crippen MR) is 444 cm³/mol. The molecule has 0 saturated heterocycles. The molecule has 0 bridgehead atoms. The molecule has 0 aliphatic heterocycles. The monoisotopic (exact) mass is 1340 g/mol. The molecule has 0 amide bonds. The van der Waals surface area contributed by atoms with Gasteiger partial charge in [0.15, 0.2) is 0 Å². The molecular formula is C91H150O6. The third-order valence-corrected chi connectivity index (χ3v) is 11.1. The molecule has 2 fully saturated rings. The second-order valence-electron chi connectivity index (χ2n) is 18.5. The first-order valence-electron chi connectivity index (χ1n) is 37.9. The van der Waals surface area contributed by atoms with Crippen LogP contribution in [0.4, 0.5) is 0 Å². The van der Waals surface area contributed by atoms with E-state index in [1.165, 1.54) is 83.7 Å². The summed E-state index contributed by atoms with van der Waals surface area (Å²) in [6.45, 7) is 57.2. The van der Waals surface area contributed by atoms with Gasteiger partial charge in [0.2, 0.25) is 0 Å². The van der Waals surface area contributed by atoms with Gasteiger partial charge < -0.3 is 28.4 Å². The highest BCUT2D eigenvalue weighted by Gasteiger charge is 2.22. The normalized spacial score (nSPS) is 9.59. The van der Waals surface area contributed by atoms with Crippen molar-refractivity contribution in [1.29, 1.82) is 0 Å². The lowest BCUT2D eigenvalue weighted by atomic mass is 10.1. The quantitative estimate of drug-likeness (QED) is 0.121. The summed E-state index contributed by atoms with van der Waals surface area (Å²) in [5.74, 6) is 7.44. The lowest BCUT2D eigenvalue weighted by Crippen LogP contribution is -1.98. The van der Waals surface area contributed by atoms with Crippen LogP contribution < -0.4 is 28.4 Å². The van der Waals surface area contributed by atoms with Crippen LogP contribution in [0.2, 0.25) is 0 Å². The van der Waals surface area contributed by atoms with Crippen molar-refractivity contribution >= 4 is 32.3 Å². The summed E-state index contributed by atoms with van der Waals surface area (Å²) in [5.41, 5.74) is 0. The summed E-state index contributed by atoms with van der Waals surface area (Å²) in [4.78, 5) is 0. The van der Waals surface area contributed by atoms with Crippen LogP contribution in [-0.2, 0) is 0 Å². The fourth-order valence-corrected chi connectivity index (χ4v) is 6.85. The van der Waals surface area contributed by atoms with E-state index in [0.29, 0.717) is 0 Å². The van der Waals surface area contributed by atoms with E-state index in [0.717, 1.165) is 66.2 Å². The first kappa shape index (κ1) is 106. The van der Waals surface area contributed by atoms with Gasteiger partial charge in [-0.3, -0.25) is 0 Å². The molecule has 2 aliphatic carbocycles. The van der Waals surface area contributed by atoms with E-state index in [9.17, 15) is 0 Å². The number of para-hydroxylation sites is 3. The van der Waals surface area contributed by atoms with Crippen molar-refractivity contribution in [3.8, 4) is 34.5 Å². The molecule has 550 valence electrons. The average Bonchev–Trinajstić information content (AvgIpc) is 1.51. The molecule has 11 rings (SSSR count). The van der Waals surface area contributed by atoms with Crippen LogP contribution in [0.3, 0.4) is 0 Å². The number of rotatable bonds is 12. The van der Waals surface area contributed by atoms with Gasteiger partial charge in [-0.05, 0) is 143 Å². The summed E-state index contributed by atoms with van der Waals surface area (Å²) in [6, 6.07) is 72.9. The van der Waals surface area contributed by atoms with Crippen LogP contribution in [0, 0.1) is 11.8 Å². The number of hydrogen-bond acceptors (Lipinski definition) is 6. The Balaban J connectivity index is -0.000000153. The van der Waals surface area contributed by atoms with Crippen LogP contribution >= 0.6 is 0 Å². The van der Waals surface area contributed by atoms with Crippen molar-refractivity contribution < 1.29 is 28.4 Å². The van der Waals surface area contributed by atoms with Gasteiger partial charge in [0, 0.05) is 0 Å². The molecule has 9 aromatic carbocycles. The Bertz CT molecular complexity index is 2770. The van der Waals surface area contributed by atoms with Crippen LogP contribution in [0.15, 0.2) is 218 Å². The number of hydrogen-bond donors (Lipinski definition) is 0. The number of benzene rings is 9. The molecule has 2 aliphatic rings. The molecule has 0 radical (unpaired) electrons. The SMILES string of the molecule is CC.CC.CC.CC.CC.CC.CC.CC.CC.CC.CCC.CCC.CCC.CCOc1ccccc1.COc1ccc2ccccc2c1.COc1ccccc1.COc1ccccc1.c1ccc2cc(OCC3CC3)ccc2c1.c1ccc2cc(OCCC3CC3)ccc2c1. The molecule has 0 atom stereocenters. The lowest BCUT2D eigenvalue weighted by molar-refractivity contribution is 0.300. The van der Waals surface area contributed by atoms with Gasteiger partial charge in [-0.2, -0.15) is 0 Å². The van der Waals surface area contributed by atoms with Crippen molar-refractivity contribution in [3.05, 3.63) is 218 Å². The summed E-state index contributed by atoms with van der Waals surface area (Å²) >= 11 is 0. The van der Waals surface area contributed by atoms with Gasteiger partial charge >= 0.3 is 0 Å². The van der Waals surface area contributed by atoms with E-state index in [-0.39, 0.29) is 0 Å². The Morgan fingerprint density at radius 1 is 0.247 bits per heavy atom. The minimum Gasteiger partial charge on any atom is -0.497 e. The minimum atomic E-state index is 0.740. The topological polar surface area (TPSA) is 55.4 Å². The molecule has 0 aromatic heterocycles. The van der Waals surface area contributed by atoms with Crippen LogP contribution in [0.5, 0.6) is 34.5 Å². The largest absolute Gasteiger partial charge is 0.497 e. The van der Waals surface area contributed by atoms with Gasteiger partial charge in [-0.25, -0.2) is 0 Å². The number of fused-ring (bicyclic) bond motifs is 3. The molecule has 9 aromatic rings. The predicted octanol–water partition coefficient (Wildman–Crippen LogP) is 30.5. The standard InChI is InChI=1S/C15H16O.C14H14O.C11H10O.C8H10O.2C7H8O.3C3H8.10C2H6/c1-2-4-14-11-15(8-7-13(14)3-1)16-10-9-12-5-6-12;1-2-4-13-9-14(8-7-12(13)3-1)15-10-11-5-6-11;1-12-11-7-6-9-4-2-3-5-10(9)8-11;1-2-9-8-6-4-3-5-7-8;2*1-8-7-5-3-2-4-6-7;3*1-3-2;10*1-2/h1-4,7-8,11-12H,5-6,9-10H2;1-4,7-9,11H,5-6,10H2;2-8H,1H3;3-7H,2H2,1H3;2*2-6H,1H3;3*3H2,1-2H3;10*1-2H3. The zero-order valence-electron chi connectivity index (χ0n) is 68.2. The second-order valence-corrected chi connectivity index (χ2v) is 18.5. The summed E-state index contributed by atoms with van der Waals surface area (Å²) in [6.07, 6.45) is 10.5. The van der Waals surface area contributed by atoms with E-state index < -0.39 is 0 Å². The van der Waals surface area contributed by atoms with E-state index in [1.54, 1.807) is 21.3 Å². The zero-order chi connectivity index (χ0) is 75.6. The maximum atomic E-state index is 5.76. The Kier molecular flexibility index (Phi) is 96.4. The second kappa shape index (κ2) is 88.6. The van der Waals surface area contributed by atoms with E-state index in [1.807, 2.05) is 261 Å². The van der Waals surface area contributed by atoms with Crippen molar-refractivity contribution in [1.82, 2.24) is 0 Å². The molecule has 0 unspecified atom stereocenters. The third-order valence-electron chi connectivity index (χ3n) is 11.1. The van der Waals surface area contributed by atoms with E-state index >= 15 is 0 Å². The van der Waals surface area contributed by atoms with E-state index in [2.05, 4.69) is 145 Å². The van der Waals surface area contributed by atoms with Gasteiger partial charge in [0.25, 0.3) is 0 Å². The third kappa shape index (κ3) is 63.1. The van der Waals surface area contributed by atoms with Gasteiger partial charge in [-0.1, -0.05) is 358 Å². The molecule has 0 spiro atoms. The Morgan fingerprint density at radius 2 is 0.495 bits per heavy atom. The summed E-state index contributed by atoms with van der Waals surface area (Å²) < 4.78 is 31.7. The van der Waals surface area contributed by atoms with Crippen LogP contribution in [-0.4, -0.2) is 41.2 Å². The minimum absolute atomic E-state index is 0.740. The Morgan fingerprint density at radius 3 is 0.763 bits per heavy atom. The molecule has 0 heterocycles. The molecular weight excluding hydrogens is 1190 g/mol. The molecule has 2 saturated carbocycles.